The van der Waals surface area contributed by atoms with Crippen LogP contribution in [0, 0.1) is 0 Å². The Labute approximate surface area is 149 Å². The molecule has 0 bridgehead atoms. The van der Waals surface area contributed by atoms with Gasteiger partial charge in [0.2, 0.25) is 0 Å². The van der Waals surface area contributed by atoms with Crippen molar-refractivity contribution in [2.45, 2.75) is 19.3 Å². The third kappa shape index (κ3) is 2.63. The van der Waals surface area contributed by atoms with Gasteiger partial charge in [0.1, 0.15) is 11.5 Å². The van der Waals surface area contributed by atoms with E-state index >= 15 is 0 Å². The van der Waals surface area contributed by atoms with Crippen LogP contribution >= 0.6 is 0 Å². The van der Waals surface area contributed by atoms with E-state index < -0.39 is 6.10 Å². The summed E-state index contributed by atoms with van der Waals surface area (Å²) in [4.78, 5) is 14.4. The topological polar surface area (TPSA) is 81.2 Å². The highest BCUT2D eigenvalue weighted by molar-refractivity contribution is 5.51. The highest BCUT2D eigenvalue weighted by atomic mass is 16.5. The van der Waals surface area contributed by atoms with Gasteiger partial charge >= 0.3 is 5.69 Å². The normalized spacial score (nSPS) is 17.3. The first-order chi connectivity index (χ1) is 12.6. The van der Waals surface area contributed by atoms with Crippen LogP contribution in [0.1, 0.15) is 17.2 Å². The van der Waals surface area contributed by atoms with Gasteiger partial charge in [-0.2, -0.15) is 4.68 Å². The number of aromatic nitrogens is 3. The lowest BCUT2D eigenvalue weighted by atomic mass is 9.95. The Kier molecular flexibility index (Phi) is 4.14. The monoisotopic (exact) mass is 356 g/mol. The van der Waals surface area contributed by atoms with E-state index in [0.717, 1.165) is 11.1 Å². The number of benzene rings is 1. The highest BCUT2D eigenvalue weighted by Gasteiger charge is 2.30. The molecule has 3 aromatic rings. The Hall–Kier alpha value is -2.84. The second-order valence-corrected chi connectivity index (χ2v) is 6.24. The molecule has 0 fully saturated rings. The Morgan fingerprint density at radius 2 is 1.96 bits per heavy atom. The Bertz CT molecular complexity index is 1010. The first-order valence-corrected chi connectivity index (χ1v) is 8.30. The van der Waals surface area contributed by atoms with Gasteiger partial charge < -0.3 is 14.6 Å². The minimum atomic E-state index is -0.739. The van der Waals surface area contributed by atoms with E-state index in [1.54, 1.807) is 38.6 Å². The predicted molar refractivity (Wildman–Crippen MR) is 94.4 cm³/mol. The molecule has 1 N–H and O–H groups in total. The number of nitrogens with zero attached hydrogens (tertiary/aromatic N) is 4. The summed E-state index contributed by atoms with van der Waals surface area (Å²) in [5.74, 6) is 1.32. The van der Waals surface area contributed by atoms with Crippen molar-refractivity contribution in [1.82, 2.24) is 19.1 Å². The molecule has 1 atom stereocenters. The smallest absolute Gasteiger partial charge is 0.351 e. The van der Waals surface area contributed by atoms with Gasteiger partial charge in [0.15, 0.2) is 5.65 Å². The second-order valence-electron chi connectivity index (χ2n) is 6.24. The molecule has 0 saturated carbocycles. The fourth-order valence-corrected chi connectivity index (χ4v) is 3.50. The van der Waals surface area contributed by atoms with Gasteiger partial charge in [0.05, 0.1) is 27.0 Å². The zero-order valence-electron chi connectivity index (χ0n) is 14.6. The highest BCUT2D eigenvalue weighted by Crippen LogP contribution is 2.39. The largest absolute Gasteiger partial charge is 0.496 e. The van der Waals surface area contributed by atoms with Crippen LogP contribution in [-0.4, -0.2) is 45.0 Å². The molecule has 0 unspecified atom stereocenters. The van der Waals surface area contributed by atoms with Gasteiger partial charge in [-0.3, -0.25) is 9.30 Å². The molecule has 0 aliphatic carbocycles. The number of aliphatic hydroxyl groups excluding tert-OH is 1. The molecule has 3 heterocycles. The van der Waals surface area contributed by atoms with E-state index in [-0.39, 0.29) is 12.4 Å². The zero-order valence-corrected chi connectivity index (χ0v) is 14.6. The van der Waals surface area contributed by atoms with E-state index in [0.29, 0.717) is 30.2 Å². The molecule has 4 rings (SSSR count). The molecular weight excluding hydrogens is 336 g/mol. The summed E-state index contributed by atoms with van der Waals surface area (Å²) in [6.45, 7) is 1.17. The second kappa shape index (κ2) is 6.47. The van der Waals surface area contributed by atoms with Crippen molar-refractivity contribution in [3.8, 4) is 11.5 Å². The average molecular weight is 356 g/mol. The van der Waals surface area contributed by atoms with Gasteiger partial charge in [0.25, 0.3) is 0 Å². The van der Waals surface area contributed by atoms with Crippen LogP contribution in [0.15, 0.2) is 41.3 Å². The Morgan fingerprint density at radius 3 is 2.69 bits per heavy atom. The maximum absolute atomic E-state index is 12.5. The fraction of sp³-hybridized carbons (Fsp3) is 0.333. The maximum Gasteiger partial charge on any atom is 0.351 e. The van der Waals surface area contributed by atoms with Gasteiger partial charge in [-0.05, 0) is 24.3 Å². The summed E-state index contributed by atoms with van der Waals surface area (Å²) < 4.78 is 13.7. The molecule has 8 nitrogen and oxygen atoms in total. The molecule has 1 aliphatic heterocycles. The predicted octanol–water partition coefficient (Wildman–Crippen LogP) is 1.02. The zero-order chi connectivity index (χ0) is 18.3. The lowest BCUT2D eigenvalue weighted by molar-refractivity contribution is 0.0666. The van der Waals surface area contributed by atoms with E-state index in [1.807, 2.05) is 17.0 Å². The van der Waals surface area contributed by atoms with Crippen molar-refractivity contribution < 1.29 is 14.6 Å². The quantitative estimate of drug-likeness (QED) is 0.752. The molecule has 1 aromatic carbocycles. The SMILES string of the molecule is COc1ccc(OC)c2c1CN(Cn1nc3ccccn3c1=O)C[C@H]2O. The van der Waals surface area contributed by atoms with Gasteiger partial charge in [-0.1, -0.05) is 6.07 Å². The summed E-state index contributed by atoms with van der Waals surface area (Å²) in [6.07, 6.45) is 0.951. The molecular formula is C18H20N4O4. The van der Waals surface area contributed by atoms with E-state index in [2.05, 4.69) is 5.10 Å². The molecule has 0 amide bonds. The Morgan fingerprint density at radius 1 is 1.19 bits per heavy atom. The van der Waals surface area contributed by atoms with Gasteiger partial charge in [-0.15, -0.1) is 5.10 Å². The third-order valence-electron chi connectivity index (χ3n) is 4.68. The van der Waals surface area contributed by atoms with Crippen LogP contribution in [0.2, 0.25) is 0 Å². The number of hydrogen-bond acceptors (Lipinski definition) is 6. The van der Waals surface area contributed by atoms with Crippen LogP contribution in [-0.2, 0) is 13.2 Å². The number of fused-ring (bicyclic) bond motifs is 2. The van der Waals surface area contributed by atoms with Gasteiger partial charge in [0, 0.05) is 30.4 Å². The molecule has 0 radical (unpaired) electrons. The molecule has 1 aliphatic rings. The number of ether oxygens (including phenoxy) is 2. The standard InChI is InChI=1S/C18H20N4O4/c1-25-14-6-7-15(26-2)17-12(14)9-20(10-13(17)23)11-22-18(24)21-8-4-3-5-16(21)19-22/h3-8,13,23H,9-11H2,1-2H3/t13-/m1/s1. The first kappa shape index (κ1) is 16.6. The van der Waals surface area contributed by atoms with Crippen molar-refractivity contribution in [3.05, 3.63) is 58.1 Å². The van der Waals surface area contributed by atoms with Crippen molar-refractivity contribution in [3.63, 3.8) is 0 Å². The average Bonchev–Trinajstić information content (AvgIpc) is 2.96. The van der Waals surface area contributed by atoms with Crippen LogP contribution in [0.25, 0.3) is 5.65 Å². The van der Waals surface area contributed by atoms with Gasteiger partial charge in [-0.25, -0.2) is 4.79 Å². The molecule has 136 valence electrons. The fourth-order valence-electron chi connectivity index (χ4n) is 3.50. The summed E-state index contributed by atoms with van der Waals surface area (Å²) in [5.41, 5.74) is 1.99. The Balaban J connectivity index is 1.68. The van der Waals surface area contributed by atoms with Crippen molar-refractivity contribution in [2.75, 3.05) is 20.8 Å². The van der Waals surface area contributed by atoms with Crippen molar-refractivity contribution in [2.24, 2.45) is 0 Å². The lowest BCUT2D eigenvalue weighted by Crippen LogP contribution is -2.38. The summed E-state index contributed by atoms with van der Waals surface area (Å²) in [6, 6.07) is 9.03. The van der Waals surface area contributed by atoms with Crippen molar-refractivity contribution >= 4 is 5.65 Å². The van der Waals surface area contributed by atoms with Crippen LogP contribution < -0.4 is 15.2 Å². The number of aliphatic hydroxyl groups is 1. The van der Waals surface area contributed by atoms with Crippen molar-refractivity contribution in [1.29, 1.82) is 0 Å². The summed E-state index contributed by atoms with van der Waals surface area (Å²) in [5, 5.41) is 15.0. The number of β-amino-alcohol motifs (C(OH)–C–C–N with tert-alkyl or cyclic N) is 1. The summed E-state index contributed by atoms with van der Waals surface area (Å²) >= 11 is 0. The third-order valence-corrected chi connectivity index (χ3v) is 4.68. The minimum Gasteiger partial charge on any atom is -0.496 e. The van der Waals surface area contributed by atoms with E-state index in [9.17, 15) is 9.90 Å². The number of pyridine rings is 1. The summed E-state index contributed by atoms with van der Waals surface area (Å²) in [7, 11) is 3.18. The van der Waals surface area contributed by atoms with E-state index in [1.165, 1.54) is 9.08 Å². The first-order valence-electron chi connectivity index (χ1n) is 8.30. The minimum absolute atomic E-state index is 0.210. The molecule has 26 heavy (non-hydrogen) atoms. The number of methoxy groups -OCH3 is 2. The van der Waals surface area contributed by atoms with Crippen LogP contribution in [0.4, 0.5) is 0 Å². The number of rotatable bonds is 4. The molecule has 0 spiro atoms. The number of hydrogen-bond donors (Lipinski definition) is 1. The molecule has 0 saturated heterocycles. The maximum atomic E-state index is 12.5. The molecule has 2 aromatic heterocycles. The lowest BCUT2D eigenvalue weighted by Gasteiger charge is -2.33. The van der Waals surface area contributed by atoms with Crippen LogP contribution in [0.3, 0.4) is 0 Å². The van der Waals surface area contributed by atoms with E-state index in [4.69, 9.17) is 9.47 Å². The van der Waals surface area contributed by atoms with Crippen LogP contribution in [0.5, 0.6) is 11.5 Å². The molecule has 8 heteroatoms.